The number of hydrogen-bond donors (Lipinski definition) is 0. The Morgan fingerprint density at radius 2 is 1.88 bits per heavy atom. The van der Waals surface area contributed by atoms with Crippen molar-refractivity contribution >= 4 is 16.7 Å². The lowest BCUT2D eigenvalue weighted by atomic mass is 9.73. The van der Waals surface area contributed by atoms with Crippen LogP contribution in [0.15, 0.2) is 67.1 Å². The molecule has 1 fully saturated rings. The molecule has 5 rings (SSSR count). The van der Waals surface area contributed by atoms with Crippen LogP contribution in [0.3, 0.4) is 0 Å². The van der Waals surface area contributed by atoms with Crippen LogP contribution in [-0.4, -0.2) is 25.5 Å². The van der Waals surface area contributed by atoms with E-state index in [0.717, 1.165) is 34.4 Å². The first-order valence-corrected chi connectivity index (χ1v) is 11.5. The van der Waals surface area contributed by atoms with Gasteiger partial charge in [-0.05, 0) is 55.4 Å². The zero-order valence-corrected chi connectivity index (χ0v) is 18.4. The Morgan fingerprint density at radius 1 is 1.03 bits per heavy atom. The number of aryl methyl sites for hydroxylation is 1. The van der Waals surface area contributed by atoms with Crippen molar-refractivity contribution in [3.8, 4) is 5.69 Å². The first kappa shape index (κ1) is 20.6. The molecule has 162 valence electrons. The first-order chi connectivity index (χ1) is 15.7. The highest BCUT2D eigenvalue weighted by Gasteiger charge is 2.28. The Morgan fingerprint density at radius 3 is 2.72 bits per heavy atom. The van der Waals surface area contributed by atoms with Crippen LogP contribution in [0.1, 0.15) is 55.0 Å². The third kappa shape index (κ3) is 4.33. The maximum Gasteiger partial charge on any atom is 0.139 e. The van der Waals surface area contributed by atoms with E-state index >= 15 is 0 Å². The van der Waals surface area contributed by atoms with E-state index in [4.69, 9.17) is 0 Å². The summed E-state index contributed by atoms with van der Waals surface area (Å²) in [7, 11) is 0. The predicted octanol–water partition coefficient (Wildman–Crippen LogP) is 5.60. The Hall–Kier alpha value is -3.34. The maximum absolute atomic E-state index is 13.0. The van der Waals surface area contributed by atoms with E-state index in [0.29, 0.717) is 24.7 Å². The molecule has 1 aliphatic rings. The molecular formula is C27H28N4O. The van der Waals surface area contributed by atoms with E-state index in [1.54, 1.807) is 6.20 Å². The van der Waals surface area contributed by atoms with Crippen molar-refractivity contribution in [3.05, 3.63) is 84.1 Å². The van der Waals surface area contributed by atoms with Gasteiger partial charge in [-0.1, -0.05) is 43.2 Å². The number of fused-ring (bicyclic) bond motifs is 1. The van der Waals surface area contributed by atoms with E-state index < -0.39 is 0 Å². The first-order valence-electron chi connectivity index (χ1n) is 11.5. The minimum Gasteiger partial charge on any atom is -0.299 e. The average molecular weight is 425 g/mol. The molecule has 32 heavy (non-hydrogen) atoms. The van der Waals surface area contributed by atoms with Crippen LogP contribution >= 0.6 is 0 Å². The van der Waals surface area contributed by atoms with Gasteiger partial charge in [0.25, 0.3) is 0 Å². The number of hydrogen-bond acceptors (Lipinski definition) is 4. The monoisotopic (exact) mass is 424 g/mol. The van der Waals surface area contributed by atoms with Gasteiger partial charge in [0.05, 0.1) is 23.6 Å². The average Bonchev–Trinajstić information content (AvgIpc) is 3.23. The molecule has 2 atom stereocenters. The summed E-state index contributed by atoms with van der Waals surface area (Å²) in [6.45, 7) is 1.96. The number of Topliss-reactive ketones (excluding diaryl/α,β-unsaturated/α-hetero) is 1. The second kappa shape index (κ2) is 9.03. The van der Waals surface area contributed by atoms with Crippen molar-refractivity contribution in [1.82, 2.24) is 19.7 Å². The Balaban J connectivity index is 1.30. The largest absolute Gasteiger partial charge is 0.299 e. The molecule has 0 spiro atoms. The second-order valence-electron chi connectivity index (χ2n) is 8.93. The third-order valence-electron chi connectivity index (χ3n) is 6.64. The van der Waals surface area contributed by atoms with Gasteiger partial charge in [-0.15, -0.1) is 0 Å². The van der Waals surface area contributed by atoms with Gasteiger partial charge in [0.15, 0.2) is 0 Å². The van der Waals surface area contributed by atoms with E-state index in [9.17, 15) is 4.79 Å². The molecule has 0 aliphatic heterocycles. The minimum atomic E-state index is 0.279. The lowest BCUT2D eigenvalue weighted by Gasteiger charge is -2.31. The van der Waals surface area contributed by atoms with Crippen LogP contribution < -0.4 is 0 Å². The number of carbonyl (C=O) groups excluding carboxylic acids is 1. The van der Waals surface area contributed by atoms with Crippen molar-refractivity contribution in [2.24, 2.45) is 5.92 Å². The van der Waals surface area contributed by atoms with Gasteiger partial charge in [0.1, 0.15) is 5.78 Å². The number of pyridine rings is 2. The van der Waals surface area contributed by atoms with Crippen LogP contribution in [0.2, 0.25) is 0 Å². The zero-order chi connectivity index (χ0) is 21.9. The highest BCUT2D eigenvalue weighted by molar-refractivity contribution is 5.84. The van der Waals surface area contributed by atoms with Crippen molar-refractivity contribution in [3.63, 3.8) is 0 Å². The summed E-state index contributed by atoms with van der Waals surface area (Å²) in [5.41, 5.74) is 5.03. The summed E-state index contributed by atoms with van der Waals surface area (Å²) in [6, 6.07) is 16.6. The van der Waals surface area contributed by atoms with Gasteiger partial charge in [-0.2, -0.15) is 5.10 Å². The fourth-order valence-electron chi connectivity index (χ4n) is 5.09. The summed E-state index contributed by atoms with van der Waals surface area (Å²) < 4.78 is 1.87. The summed E-state index contributed by atoms with van der Waals surface area (Å²) in [4.78, 5) is 21.8. The van der Waals surface area contributed by atoms with Gasteiger partial charge >= 0.3 is 0 Å². The highest BCUT2D eigenvalue weighted by atomic mass is 16.1. The van der Waals surface area contributed by atoms with Crippen LogP contribution in [0, 0.1) is 12.8 Å². The summed E-state index contributed by atoms with van der Waals surface area (Å²) in [5, 5.41) is 5.53. The van der Waals surface area contributed by atoms with Gasteiger partial charge in [0, 0.05) is 35.8 Å². The molecular weight excluding hydrogens is 396 g/mol. The number of aromatic nitrogens is 4. The topological polar surface area (TPSA) is 60.7 Å². The molecule has 5 nitrogen and oxygen atoms in total. The van der Waals surface area contributed by atoms with Gasteiger partial charge < -0.3 is 0 Å². The zero-order valence-electron chi connectivity index (χ0n) is 18.4. The van der Waals surface area contributed by atoms with Crippen LogP contribution in [0.4, 0.5) is 0 Å². The number of ketones is 1. The van der Waals surface area contributed by atoms with Crippen molar-refractivity contribution in [2.75, 3.05) is 0 Å². The molecule has 0 saturated heterocycles. The minimum absolute atomic E-state index is 0.279. The SMILES string of the molecule is Cc1cc(-n2ncc3cc(CC(=O)C[C@H]4CCCC[C@@H]4c4ccccc4)ncc32)ccn1. The van der Waals surface area contributed by atoms with E-state index in [1.807, 2.05) is 42.2 Å². The Labute approximate surface area is 188 Å². The lowest BCUT2D eigenvalue weighted by Crippen LogP contribution is -2.21. The number of rotatable bonds is 6. The van der Waals surface area contributed by atoms with Gasteiger partial charge in [-0.25, -0.2) is 4.68 Å². The molecule has 0 amide bonds. The smallest absolute Gasteiger partial charge is 0.139 e. The second-order valence-corrected chi connectivity index (χ2v) is 8.93. The fourth-order valence-corrected chi connectivity index (χ4v) is 5.09. The third-order valence-corrected chi connectivity index (χ3v) is 6.64. The fraction of sp³-hybridized carbons (Fsp3) is 0.333. The Bertz CT molecular complexity index is 1230. The van der Waals surface area contributed by atoms with Gasteiger partial charge in [-0.3, -0.25) is 14.8 Å². The van der Waals surface area contributed by atoms with Gasteiger partial charge in [0.2, 0.25) is 0 Å². The summed E-state index contributed by atoms with van der Waals surface area (Å²) >= 11 is 0. The van der Waals surface area contributed by atoms with Crippen molar-refractivity contribution < 1.29 is 4.79 Å². The van der Waals surface area contributed by atoms with Crippen LogP contribution in [0.25, 0.3) is 16.6 Å². The maximum atomic E-state index is 13.0. The lowest BCUT2D eigenvalue weighted by molar-refractivity contribution is -0.119. The van der Waals surface area contributed by atoms with E-state index in [-0.39, 0.29) is 5.78 Å². The van der Waals surface area contributed by atoms with E-state index in [2.05, 4.69) is 45.4 Å². The molecule has 1 aromatic carbocycles. The number of nitrogens with zero attached hydrogens (tertiary/aromatic N) is 4. The van der Waals surface area contributed by atoms with Crippen LogP contribution in [0.5, 0.6) is 0 Å². The molecule has 1 saturated carbocycles. The summed E-state index contributed by atoms with van der Waals surface area (Å²) in [5.74, 6) is 1.20. The molecule has 4 aromatic rings. The summed E-state index contributed by atoms with van der Waals surface area (Å²) in [6.07, 6.45) is 11.3. The van der Waals surface area contributed by atoms with E-state index in [1.165, 1.54) is 24.8 Å². The standard InChI is InChI=1S/C27H28N4O/c1-19-13-24(11-12-28-19)31-27-18-29-23(14-22(27)17-30-31)16-25(32)15-21-9-5-6-10-26(21)20-7-3-2-4-8-20/h2-4,7-8,11-14,17-18,21,26H,5-6,9-10,15-16H2,1H3/t21-,26-/m1/s1. The molecule has 0 radical (unpaired) electrons. The molecule has 3 aromatic heterocycles. The quantitative estimate of drug-likeness (QED) is 0.404. The molecule has 0 bridgehead atoms. The molecule has 0 N–H and O–H groups in total. The highest BCUT2D eigenvalue weighted by Crippen LogP contribution is 2.39. The normalized spacial score (nSPS) is 18.7. The number of benzene rings is 1. The van der Waals surface area contributed by atoms with Crippen LogP contribution in [-0.2, 0) is 11.2 Å². The van der Waals surface area contributed by atoms with Crippen molar-refractivity contribution in [1.29, 1.82) is 0 Å². The Kier molecular flexibility index (Phi) is 5.80. The molecule has 1 aliphatic carbocycles. The molecule has 3 heterocycles. The predicted molar refractivity (Wildman–Crippen MR) is 126 cm³/mol. The van der Waals surface area contributed by atoms with Crippen molar-refractivity contribution in [2.45, 2.75) is 51.4 Å². The molecule has 5 heteroatoms. The number of carbonyl (C=O) groups is 1. The molecule has 0 unspecified atom stereocenters.